The molecule has 0 bridgehead atoms. The van der Waals surface area contributed by atoms with E-state index in [0.717, 1.165) is 55.8 Å². The number of hydrogen-bond acceptors (Lipinski definition) is 6. The van der Waals surface area contributed by atoms with E-state index in [9.17, 15) is 9.59 Å². The number of amides is 1. The summed E-state index contributed by atoms with van der Waals surface area (Å²) in [6.07, 6.45) is 5.76. The number of carbonyl (C=O) groups excluding carboxylic acids is 2. The van der Waals surface area contributed by atoms with Crippen molar-refractivity contribution in [3.05, 3.63) is 28.8 Å². The van der Waals surface area contributed by atoms with Crippen molar-refractivity contribution in [1.82, 2.24) is 10.2 Å². The van der Waals surface area contributed by atoms with Crippen LogP contribution in [0.15, 0.2) is 12.1 Å². The van der Waals surface area contributed by atoms with Gasteiger partial charge in [-0.15, -0.1) is 0 Å². The van der Waals surface area contributed by atoms with Crippen molar-refractivity contribution in [2.45, 2.75) is 58.4 Å². The lowest BCUT2D eigenvalue weighted by atomic mass is 9.79. The van der Waals surface area contributed by atoms with E-state index in [1.54, 1.807) is 0 Å². The Morgan fingerprint density at radius 2 is 1.68 bits per heavy atom. The number of carbonyl (C=O) groups is 2. The number of hydrogen-bond donors (Lipinski definition) is 1. The zero-order valence-corrected chi connectivity index (χ0v) is 19.1. The lowest BCUT2D eigenvalue weighted by Gasteiger charge is -2.48. The Hall–Kier alpha value is -2.12. The van der Waals surface area contributed by atoms with E-state index >= 15 is 0 Å². The van der Waals surface area contributed by atoms with Crippen LogP contribution in [0.4, 0.5) is 0 Å². The predicted molar refractivity (Wildman–Crippen MR) is 118 cm³/mol. The zero-order valence-electron chi connectivity index (χ0n) is 19.1. The van der Waals surface area contributed by atoms with Gasteiger partial charge in [0, 0.05) is 25.2 Å². The second-order valence-corrected chi connectivity index (χ2v) is 8.84. The number of rotatable bonds is 8. The summed E-state index contributed by atoms with van der Waals surface area (Å²) in [5, 5.41) is 3.00. The highest BCUT2D eigenvalue weighted by Gasteiger charge is 2.38. The minimum atomic E-state index is -0.546. The van der Waals surface area contributed by atoms with Crippen LogP contribution < -0.4 is 10.1 Å². The van der Waals surface area contributed by atoms with Gasteiger partial charge in [0.15, 0.2) is 13.2 Å². The smallest absolute Gasteiger partial charge is 0.344 e. The van der Waals surface area contributed by atoms with Gasteiger partial charge in [-0.25, -0.2) is 4.79 Å². The molecule has 1 aromatic carbocycles. The Labute approximate surface area is 185 Å². The summed E-state index contributed by atoms with van der Waals surface area (Å²) in [6.45, 7) is 9.30. The first-order valence-corrected chi connectivity index (χ1v) is 11.4. The molecule has 0 aromatic heterocycles. The van der Waals surface area contributed by atoms with Crippen LogP contribution in [0.1, 0.15) is 48.8 Å². The third kappa shape index (κ3) is 6.43. The Bertz CT molecular complexity index is 744. The Morgan fingerprint density at radius 1 is 1.03 bits per heavy atom. The van der Waals surface area contributed by atoms with Gasteiger partial charge in [-0.05, 0) is 44.7 Å². The van der Waals surface area contributed by atoms with Crippen LogP contribution in [0.3, 0.4) is 0 Å². The molecule has 2 fully saturated rings. The Morgan fingerprint density at radius 3 is 2.32 bits per heavy atom. The lowest BCUT2D eigenvalue weighted by molar-refractivity contribution is -0.150. The van der Waals surface area contributed by atoms with Gasteiger partial charge in [0.05, 0.1) is 13.2 Å². The van der Waals surface area contributed by atoms with Crippen molar-refractivity contribution < 1.29 is 23.8 Å². The van der Waals surface area contributed by atoms with Crippen LogP contribution in [-0.4, -0.2) is 68.4 Å². The Kier molecular flexibility index (Phi) is 8.32. The molecule has 31 heavy (non-hydrogen) atoms. The van der Waals surface area contributed by atoms with Gasteiger partial charge in [0.1, 0.15) is 5.75 Å². The molecule has 7 heteroatoms. The summed E-state index contributed by atoms with van der Waals surface area (Å²) in [5.74, 6) is -0.124. The standard InChI is InChI=1S/C24H36N2O5/c1-18-13-19(2)23(20(3)14-18)31-16-22(28)30-15-21(27)25-17-24(7-5-4-6-8-24)26-9-11-29-12-10-26/h13-14H,4-12,15-17H2,1-3H3,(H,25,27). The highest BCUT2D eigenvalue weighted by atomic mass is 16.6. The van der Waals surface area contributed by atoms with Crippen molar-refractivity contribution in [3.8, 4) is 5.75 Å². The molecule has 1 aliphatic carbocycles. The molecule has 1 N–H and O–H groups in total. The molecule has 0 unspecified atom stereocenters. The van der Waals surface area contributed by atoms with Crippen molar-refractivity contribution in [3.63, 3.8) is 0 Å². The normalized spacial score (nSPS) is 18.9. The van der Waals surface area contributed by atoms with Crippen molar-refractivity contribution in [1.29, 1.82) is 0 Å². The lowest BCUT2D eigenvalue weighted by Crippen LogP contribution is -2.59. The fraction of sp³-hybridized carbons (Fsp3) is 0.667. The predicted octanol–water partition coefficient (Wildman–Crippen LogP) is 2.69. The SMILES string of the molecule is Cc1cc(C)c(OCC(=O)OCC(=O)NCC2(N3CCOCC3)CCCCC2)c(C)c1. The van der Waals surface area contributed by atoms with Crippen LogP contribution in [-0.2, 0) is 19.1 Å². The van der Waals surface area contributed by atoms with E-state index < -0.39 is 5.97 Å². The van der Waals surface area contributed by atoms with Crippen LogP contribution >= 0.6 is 0 Å². The molecule has 1 heterocycles. The molecule has 172 valence electrons. The van der Waals surface area contributed by atoms with Gasteiger partial charge in [0.2, 0.25) is 0 Å². The second-order valence-electron chi connectivity index (χ2n) is 8.84. The number of benzene rings is 1. The number of aryl methyl sites for hydroxylation is 3. The number of ether oxygens (including phenoxy) is 3. The van der Waals surface area contributed by atoms with E-state index in [4.69, 9.17) is 14.2 Å². The maximum Gasteiger partial charge on any atom is 0.344 e. The second kappa shape index (κ2) is 11.0. The van der Waals surface area contributed by atoms with Crippen LogP contribution in [0.25, 0.3) is 0 Å². The summed E-state index contributed by atoms with van der Waals surface area (Å²) in [5.41, 5.74) is 3.09. The number of esters is 1. The fourth-order valence-corrected chi connectivity index (χ4v) is 4.88. The molecule has 1 saturated carbocycles. The van der Waals surface area contributed by atoms with E-state index in [-0.39, 0.29) is 24.7 Å². The minimum Gasteiger partial charge on any atom is -0.481 e. The maximum absolute atomic E-state index is 12.4. The molecule has 1 saturated heterocycles. The monoisotopic (exact) mass is 432 g/mol. The van der Waals surface area contributed by atoms with E-state index in [1.165, 1.54) is 19.3 Å². The summed E-state index contributed by atoms with van der Waals surface area (Å²) >= 11 is 0. The maximum atomic E-state index is 12.4. The first-order chi connectivity index (χ1) is 14.9. The van der Waals surface area contributed by atoms with Crippen LogP contribution in [0.5, 0.6) is 5.75 Å². The molecule has 0 radical (unpaired) electrons. The Balaban J connectivity index is 1.44. The largest absolute Gasteiger partial charge is 0.481 e. The molecule has 3 rings (SSSR count). The van der Waals surface area contributed by atoms with Gasteiger partial charge in [-0.1, -0.05) is 37.0 Å². The average molecular weight is 433 g/mol. The molecule has 0 atom stereocenters. The average Bonchev–Trinajstić information content (AvgIpc) is 2.77. The topological polar surface area (TPSA) is 77.1 Å². The summed E-state index contributed by atoms with van der Waals surface area (Å²) in [7, 11) is 0. The number of nitrogens with zero attached hydrogens (tertiary/aromatic N) is 1. The molecule has 0 spiro atoms. The van der Waals surface area contributed by atoms with E-state index in [2.05, 4.69) is 10.2 Å². The van der Waals surface area contributed by atoms with Crippen LogP contribution in [0, 0.1) is 20.8 Å². The summed E-state index contributed by atoms with van der Waals surface area (Å²) < 4.78 is 16.3. The number of nitrogens with one attached hydrogen (secondary N) is 1. The molecule has 2 aliphatic rings. The number of morpholine rings is 1. The summed E-state index contributed by atoms with van der Waals surface area (Å²) in [4.78, 5) is 26.9. The minimum absolute atomic E-state index is 0.00863. The highest BCUT2D eigenvalue weighted by Crippen LogP contribution is 2.33. The molecule has 1 aliphatic heterocycles. The van der Waals surface area contributed by atoms with E-state index in [1.807, 2.05) is 32.9 Å². The van der Waals surface area contributed by atoms with Crippen LogP contribution in [0.2, 0.25) is 0 Å². The van der Waals surface area contributed by atoms with Gasteiger partial charge in [0.25, 0.3) is 5.91 Å². The third-order valence-electron chi connectivity index (χ3n) is 6.38. The molecule has 1 amide bonds. The van der Waals surface area contributed by atoms with Crippen molar-refractivity contribution >= 4 is 11.9 Å². The molecule has 7 nitrogen and oxygen atoms in total. The molecular weight excluding hydrogens is 396 g/mol. The fourth-order valence-electron chi connectivity index (χ4n) is 4.88. The van der Waals surface area contributed by atoms with Gasteiger partial charge in [-0.2, -0.15) is 0 Å². The zero-order chi connectivity index (χ0) is 22.3. The van der Waals surface area contributed by atoms with Crippen molar-refractivity contribution in [2.75, 3.05) is 46.1 Å². The van der Waals surface area contributed by atoms with Crippen molar-refractivity contribution in [2.24, 2.45) is 0 Å². The van der Waals surface area contributed by atoms with Gasteiger partial charge >= 0.3 is 5.97 Å². The van der Waals surface area contributed by atoms with Gasteiger partial charge < -0.3 is 19.5 Å². The molecular formula is C24H36N2O5. The van der Waals surface area contributed by atoms with Gasteiger partial charge in [-0.3, -0.25) is 9.69 Å². The third-order valence-corrected chi connectivity index (χ3v) is 6.38. The van der Waals surface area contributed by atoms with E-state index in [0.29, 0.717) is 12.3 Å². The highest BCUT2D eigenvalue weighted by molar-refractivity contribution is 5.81. The summed E-state index contributed by atoms with van der Waals surface area (Å²) in [6, 6.07) is 4.02. The first-order valence-electron chi connectivity index (χ1n) is 11.4. The first kappa shape index (κ1) is 23.5. The quantitative estimate of drug-likeness (QED) is 0.637. The molecule has 1 aromatic rings.